The minimum atomic E-state index is -0.333. The van der Waals surface area contributed by atoms with Gasteiger partial charge in [0, 0.05) is 13.6 Å². The van der Waals surface area contributed by atoms with E-state index in [0.717, 1.165) is 28.5 Å². The number of aryl methyl sites for hydroxylation is 1. The van der Waals surface area contributed by atoms with Crippen molar-refractivity contribution >= 4 is 47.2 Å². The number of hydrogen-bond acceptors (Lipinski definition) is 7. The Morgan fingerprint density at radius 2 is 2.03 bits per heavy atom. The van der Waals surface area contributed by atoms with Gasteiger partial charge in [0.15, 0.2) is 5.96 Å². The summed E-state index contributed by atoms with van der Waals surface area (Å²) in [6, 6.07) is 5.62. The summed E-state index contributed by atoms with van der Waals surface area (Å²) in [5, 5.41) is 7.41. The fraction of sp³-hybridized carbons (Fsp3) is 0.476. The Hall–Kier alpha value is -2.08. The molecular formula is C21H31IN4O4S. The lowest BCUT2D eigenvalue weighted by Gasteiger charge is -2.17. The average Bonchev–Trinajstić information content (AvgIpc) is 3.14. The monoisotopic (exact) mass is 562 g/mol. The van der Waals surface area contributed by atoms with Crippen LogP contribution >= 0.6 is 35.3 Å². The van der Waals surface area contributed by atoms with E-state index >= 15 is 0 Å². The number of hydrogen-bond donors (Lipinski definition) is 2. The number of aliphatic imine (C=N–C) groups is 1. The zero-order chi connectivity index (χ0) is 22.1. The van der Waals surface area contributed by atoms with Gasteiger partial charge in [-0.05, 0) is 51.0 Å². The first-order valence-corrected chi connectivity index (χ1v) is 10.6. The third kappa shape index (κ3) is 7.53. The van der Waals surface area contributed by atoms with Crippen LogP contribution in [0.15, 0.2) is 23.2 Å². The first-order valence-electron chi connectivity index (χ1n) is 9.75. The third-order valence-electron chi connectivity index (χ3n) is 4.40. The quantitative estimate of drug-likeness (QED) is 0.208. The largest absolute Gasteiger partial charge is 0.497 e. The van der Waals surface area contributed by atoms with Crippen LogP contribution in [0.4, 0.5) is 0 Å². The number of ether oxygens (including phenoxy) is 3. The van der Waals surface area contributed by atoms with Crippen molar-refractivity contribution in [2.24, 2.45) is 4.99 Å². The number of aromatic nitrogens is 1. The van der Waals surface area contributed by atoms with E-state index in [-0.39, 0.29) is 36.0 Å². The Labute approximate surface area is 204 Å². The van der Waals surface area contributed by atoms with Gasteiger partial charge in [-0.1, -0.05) is 0 Å². The highest BCUT2D eigenvalue weighted by molar-refractivity contribution is 14.0. The van der Waals surface area contributed by atoms with Gasteiger partial charge in [-0.3, -0.25) is 4.99 Å². The van der Waals surface area contributed by atoms with Gasteiger partial charge in [0.2, 0.25) is 0 Å². The summed E-state index contributed by atoms with van der Waals surface area (Å²) in [5.74, 6) is 1.92. The molecule has 1 aromatic carbocycles. The number of halogens is 1. The molecular weight excluding hydrogens is 531 g/mol. The normalized spacial score (nSPS) is 11.9. The molecule has 0 aliphatic carbocycles. The van der Waals surface area contributed by atoms with Gasteiger partial charge in [-0.2, -0.15) is 0 Å². The number of rotatable bonds is 9. The van der Waals surface area contributed by atoms with Crippen LogP contribution < -0.4 is 20.1 Å². The van der Waals surface area contributed by atoms with E-state index in [9.17, 15) is 4.79 Å². The van der Waals surface area contributed by atoms with E-state index in [1.165, 1.54) is 11.3 Å². The number of esters is 1. The van der Waals surface area contributed by atoms with Crippen LogP contribution in [-0.2, 0) is 11.2 Å². The van der Waals surface area contributed by atoms with Crippen molar-refractivity contribution in [3.63, 3.8) is 0 Å². The molecule has 2 aromatic rings. The van der Waals surface area contributed by atoms with Crippen LogP contribution in [0.3, 0.4) is 0 Å². The highest BCUT2D eigenvalue weighted by Crippen LogP contribution is 2.25. The van der Waals surface area contributed by atoms with Crippen molar-refractivity contribution < 1.29 is 19.0 Å². The molecule has 1 unspecified atom stereocenters. The summed E-state index contributed by atoms with van der Waals surface area (Å²) >= 11 is 1.34. The molecule has 31 heavy (non-hydrogen) atoms. The van der Waals surface area contributed by atoms with Crippen LogP contribution in [0.1, 0.15) is 45.8 Å². The molecule has 2 N–H and O–H groups in total. The average molecular weight is 562 g/mol. The van der Waals surface area contributed by atoms with Gasteiger partial charge in [-0.15, -0.1) is 35.3 Å². The summed E-state index contributed by atoms with van der Waals surface area (Å²) in [7, 11) is 5.01. The molecule has 0 aliphatic heterocycles. The minimum Gasteiger partial charge on any atom is -0.497 e. The molecule has 0 saturated carbocycles. The number of carbonyl (C=O) groups excluding carboxylic acids is 1. The Bertz CT molecular complexity index is 888. The van der Waals surface area contributed by atoms with E-state index in [1.54, 1.807) is 28.2 Å². The second-order valence-corrected chi connectivity index (χ2v) is 7.51. The summed E-state index contributed by atoms with van der Waals surface area (Å²) < 4.78 is 15.8. The minimum absolute atomic E-state index is 0. The number of methoxy groups -OCH3 is 2. The van der Waals surface area contributed by atoms with Crippen LogP contribution in [0, 0.1) is 6.92 Å². The van der Waals surface area contributed by atoms with Gasteiger partial charge >= 0.3 is 5.97 Å². The van der Waals surface area contributed by atoms with Crippen LogP contribution in [0.25, 0.3) is 0 Å². The van der Waals surface area contributed by atoms with Crippen molar-refractivity contribution in [3.8, 4) is 11.5 Å². The van der Waals surface area contributed by atoms with Crippen LogP contribution in [0.5, 0.6) is 11.5 Å². The summed E-state index contributed by atoms with van der Waals surface area (Å²) in [4.78, 5) is 21.4. The zero-order valence-electron chi connectivity index (χ0n) is 18.8. The van der Waals surface area contributed by atoms with Crippen molar-refractivity contribution in [3.05, 3.63) is 39.3 Å². The van der Waals surface area contributed by atoms with Crippen molar-refractivity contribution in [1.29, 1.82) is 0 Å². The molecule has 2 rings (SSSR count). The lowest BCUT2D eigenvalue weighted by molar-refractivity contribution is 0.0531. The highest BCUT2D eigenvalue weighted by Gasteiger charge is 2.20. The molecule has 8 nitrogen and oxygen atoms in total. The van der Waals surface area contributed by atoms with Gasteiger partial charge in [0.25, 0.3) is 0 Å². The molecule has 0 radical (unpaired) electrons. The lowest BCUT2D eigenvalue weighted by atomic mass is 10.1. The number of guanidine groups is 1. The maximum atomic E-state index is 12.0. The van der Waals surface area contributed by atoms with E-state index in [0.29, 0.717) is 29.7 Å². The number of nitrogens with one attached hydrogen (secondary N) is 2. The van der Waals surface area contributed by atoms with E-state index in [4.69, 9.17) is 14.2 Å². The molecule has 0 bridgehead atoms. The number of benzene rings is 1. The smallest absolute Gasteiger partial charge is 0.350 e. The molecule has 0 fully saturated rings. The number of thiazole rings is 1. The fourth-order valence-corrected chi connectivity index (χ4v) is 3.81. The van der Waals surface area contributed by atoms with E-state index in [1.807, 2.05) is 32.0 Å². The van der Waals surface area contributed by atoms with E-state index in [2.05, 4.69) is 20.6 Å². The molecule has 1 aromatic heterocycles. The first-order chi connectivity index (χ1) is 14.4. The highest BCUT2D eigenvalue weighted by atomic mass is 127. The third-order valence-corrected chi connectivity index (χ3v) is 5.72. The van der Waals surface area contributed by atoms with Crippen molar-refractivity contribution in [2.45, 2.75) is 33.2 Å². The number of nitrogens with zero attached hydrogens (tertiary/aromatic N) is 2. The summed E-state index contributed by atoms with van der Waals surface area (Å²) in [6.45, 7) is 6.57. The van der Waals surface area contributed by atoms with Gasteiger partial charge in [0.1, 0.15) is 21.4 Å². The topological polar surface area (TPSA) is 94.1 Å². The molecule has 10 heteroatoms. The molecule has 0 saturated heterocycles. The Balaban J connectivity index is 0.00000480. The predicted octanol–water partition coefficient (Wildman–Crippen LogP) is 3.73. The predicted molar refractivity (Wildman–Crippen MR) is 134 cm³/mol. The summed E-state index contributed by atoms with van der Waals surface area (Å²) in [5.41, 5.74) is 1.72. The molecule has 0 aliphatic rings. The maximum absolute atomic E-state index is 12.0. The second-order valence-electron chi connectivity index (χ2n) is 6.48. The Morgan fingerprint density at radius 3 is 2.65 bits per heavy atom. The molecule has 172 valence electrons. The molecule has 1 heterocycles. The second kappa shape index (κ2) is 13.4. The van der Waals surface area contributed by atoms with Crippen molar-refractivity contribution in [2.75, 3.05) is 34.4 Å². The van der Waals surface area contributed by atoms with Gasteiger partial charge in [-0.25, -0.2) is 9.78 Å². The molecule has 0 spiro atoms. The molecule has 0 amide bonds. The van der Waals surface area contributed by atoms with Gasteiger partial charge in [0.05, 0.1) is 32.6 Å². The van der Waals surface area contributed by atoms with Crippen LogP contribution in [0.2, 0.25) is 0 Å². The maximum Gasteiger partial charge on any atom is 0.350 e. The number of carbonyl (C=O) groups is 1. The van der Waals surface area contributed by atoms with Gasteiger partial charge < -0.3 is 24.8 Å². The Kier molecular flexibility index (Phi) is 11.6. The summed E-state index contributed by atoms with van der Waals surface area (Å²) in [6.07, 6.45) is 0.735. The van der Waals surface area contributed by atoms with Crippen molar-refractivity contribution in [1.82, 2.24) is 15.6 Å². The lowest BCUT2D eigenvalue weighted by Crippen LogP contribution is -2.39. The molecule has 1 atom stereocenters. The Morgan fingerprint density at radius 1 is 1.29 bits per heavy atom. The SMILES string of the molecule is CCOC(=O)c1sc(C(C)NC(=NC)NCCc2cc(OC)ccc2OC)nc1C.I. The standard InChI is InChI=1S/C21H30N4O4S.HI/c1-7-29-20(26)18-13(2)24-19(30-18)14(3)25-21(22-4)23-11-10-15-12-16(27-5)8-9-17(15)28-6;/h8-9,12,14H,7,10-11H2,1-6H3,(H2,22,23,25);1H. The fourth-order valence-electron chi connectivity index (χ4n) is 2.84. The van der Waals surface area contributed by atoms with Crippen LogP contribution in [-0.4, -0.2) is 51.3 Å². The zero-order valence-corrected chi connectivity index (χ0v) is 21.9. The van der Waals surface area contributed by atoms with E-state index < -0.39 is 0 Å². The first kappa shape index (κ1) is 27.0.